The van der Waals surface area contributed by atoms with Gasteiger partial charge in [-0.25, -0.2) is 0 Å². The number of aromatic nitrogens is 1. The van der Waals surface area contributed by atoms with Crippen LogP contribution in [0, 0.1) is 0 Å². The van der Waals surface area contributed by atoms with Gasteiger partial charge < -0.3 is 5.32 Å². The molecule has 3 rings (SSSR count). The maximum Gasteiger partial charge on any atom is 0.211 e. The smallest absolute Gasteiger partial charge is 0.211 e. The van der Waals surface area contributed by atoms with Crippen molar-refractivity contribution >= 4 is 23.2 Å². The second-order valence-electron chi connectivity index (χ2n) is 4.93. The molecule has 0 aliphatic heterocycles. The van der Waals surface area contributed by atoms with E-state index in [4.69, 9.17) is 11.6 Å². The van der Waals surface area contributed by atoms with E-state index in [-0.39, 0.29) is 22.3 Å². The number of ketones is 2. The topological polar surface area (TPSA) is 59.1 Å². The molecule has 22 heavy (non-hydrogen) atoms. The van der Waals surface area contributed by atoms with E-state index in [0.717, 1.165) is 5.56 Å². The SMILES string of the molecule is O=C1C(Cl)=C(NCCc2ccncc2)C(=O)c2ccccc21. The molecule has 0 spiro atoms. The van der Waals surface area contributed by atoms with Gasteiger partial charge in [0.05, 0.1) is 0 Å². The third-order valence-corrected chi connectivity index (χ3v) is 3.89. The molecule has 1 aliphatic carbocycles. The van der Waals surface area contributed by atoms with Crippen molar-refractivity contribution in [3.8, 4) is 0 Å². The lowest BCUT2D eigenvalue weighted by Gasteiger charge is -2.18. The molecule has 1 N–H and O–H groups in total. The average Bonchev–Trinajstić information content (AvgIpc) is 2.57. The molecule has 0 unspecified atom stereocenters. The summed E-state index contributed by atoms with van der Waals surface area (Å²) in [5.74, 6) is -0.557. The van der Waals surface area contributed by atoms with Crippen LogP contribution >= 0.6 is 11.6 Å². The first-order valence-corrected chi connectivity index (χ1v) is 7.27. The van der Waals surface area contributed by atoms with Gasteiger partial charge in [-0.1, -0.05) is 35.9 Å². The highest BCUT2D eigenvalue weighted by Crippen LogP contribution is 2.27. The Morgan fingerprint density at radius 2 is 1.59 bits per heavy atom. The molecule has 0 amide bonds. The lowest BCUT2D eigenvalue weighted by atomic mass is 9.92. The van der Waals surface area contributed by atoms with Crippen molar-refractivity contribution in [3.05, 3.63) is 76.2 Å². The number of fused-ring (bicyclic) bond motifs is 1. The second kappa shape index (κ2) is 6.12. The van der Waals surface area contributed by atoms with Gasteiger partial charge in [-0.15, -0.1) is 0 Å². The summed E-state index contributed by atoms with van der Waals surface area (Å²) in [6.45, 7) is 0.511. The molecule has 0 saturated heterocycles. The molecular formula is C17H13ClN2O2. The van der Waals surface area contributed by atoms with Crippen molar-refractivity contribution in [1.82, 2.24) is 10.3 Å². The number of rotatable bonds is 4. The fourth-order valence-corrected chi connectivity index (χ4v) is 2.64. The van der Waals surface area contributed by atoms with Crippen LogP contribution < -0.4 is 5.32 Å². The predicted molar refractivity (Wildman–Crippen MR) is 83.9 cm³/mol. The van der Waals surface area contributed by atoms with E-state index in [1.54, 1.807) is 36.7 Å². The van der Waals surface area contributed by atoms with Crippen LogP contribution in [0.4, 0.5) is 0 Å². The van der Waals surface area contributed by atoms with Crippen LogP contribution in [0.25, 0.3) is 0 Å². The minimum absolute atomic E-state index is 0.0431. The van der Waals surface area contributed by atoms with E-state index in [1.165, 1.54) is 0 Å². The summed E-state index contributed by atoms with van der Waals surface area (Å²) in [6.07, 6.45) is 4.14. The Hall–Kier alpha value is -2.46. The summed E-state index contributed by atoms with van der Waals surface area (Å²) in [4.78, 5) is 28.6. The predicted octanol–water partition coefficient (Wildman–Crippen LogP) is 2.74. The second-order valence-corrected chi connectivity index (χ2v) is 5.30. The molecule has 2 aromatic rings. The first-order chi connectivity index (χ1) is 10.7. The number of hydrogen-bond donors (Lipinski definition) is 1. The lowest BCUT2D eigenvalue weighted by molar-refractivity contribution is 0.0975. The van der Waals surface area contributed by atoms with E-state index < -0.39 is 0 Å². The fraction of sp³-hybridized carbons (Fsp3) is 0.118. The Morgan fingerprint density at radius 1 is 0.955 bits per heavy atom. The molecule has 1 aromatic heterocycles. The minimum Gasteiger partial charge on any atom is -0.380 e. The minimum atomic E-state index is -0.316. The maximum absolute atomic E-state index is 12.4. The molecule has 4 nitrogen and oxygen atoms in total. The molecule has 5 heteroatoms. The molecule has 110 valence electrons. The van der Waals surface area contributed by atoms with Gasteiger partial charge in [-0.3, -0.25) is 14.6 Å². The zero-order valence-electron chi connectivity index (χ0n) is 11.7. The highest BCUT2D eigenvalue weighted by Gasteiger charge is 2.30. The van der Waals surface area contributed by atoms with Gasteiger partial charge in [-0.2, -0.15) is 0 Å². The van der Waals surface area contributed by atoms with Crippen molar-refractivity contribution < 1.29 is 9.59 Å². The molecule has 0 fully saturated rings. The van der Waals surface area contributed by atoms with Gasteiger partial charge in [0, 0.05) is 30.1 Å². The Balaban J connectivity index is 1.77. The van der Waals surface area contributed by atoms with Crippen molar-refractivity contribution in [2.45, 2.75) is 6.42 Å². The lowest BCUT2D eigenvalue weighted by Crippen LogP contribution is -2.30. The number of allylic oxidation sites excluding steroid dienone is 2. The Bertz CT molecular complexity index is 769. The van der Waals surface area contributed by atoms with Crippen LogP contribution in [-0.4, -0.2) is 23.1 Å². The number of nitrogens with one attached hydrogen (secondary N) is 1. The monoisotopic (exact) mass is 312 g/mol. The summed E-state index contributed by atoms with van der Waals surface area (Å²) in [5.41, 5.74) is 2.02. The Kier molecular flexibility index (Phi) is 4.02. The van der Waals surface area contributed by atoms with E-state index >= 15 is 0 Å². The zero-order chi connectivity index (χ0) is 15.5. The standard InChI is InChI=1S/C17H13ClN2O2/c18-14-15(20-10-7-11-5-8-19-9-6-11)17(22)13-4-2-1-3-12(13)16(14)21/h1-6,8-9,20H,7,10H2. The van der Waals surface area contributed by atoms with Crippen LogP contribution in [0.15, 0.2) is 59.5 Å². The van der Waals surface area contributed by atoms with Crippen LogP contribution in [0.5, 0.6) is 0 Å². The number of Topliss-reactive ketones (excluding diaryl/α,β-unsaturated/α-hetero) is 2. The van der Waals surface area contributed by atoms with Crippen molar-refractivity contribution in [3.63, 3.8) is 0 Å². The first kappa shape index (κ1) is 14.5. The van der Waals surface area contributed by atoms with Crippen LogP contribution in [0.2, 0.25) is 0 Å². The number of benzene rings is 1. The highest BCUT2D eigenvalue weighted by molar-refractivity contribution is 6.49. The van der Waals surface area contributed by atoms with Gasteiger partial charge in [0.1, 0.15) is 10.7 Å². The largest absolute Gasteiger partial charge is 0.380 e. The van der Waals surface area contributed by atoms with Gasteiger partial charge in [0.15, 0.2) is 0 Å². The summed E-state index contributed by atoms with van der Waals surface area (Å²) in [5, 5.41) is 2.95. The summed E-state index contributed by atoms with van der Waals surface area (Å²) < 4.78 is 0. The van der Waals surface area contributed by atoms with Gasteiger partial charge in [0.2, 0.25) is 11.6 Å². The van der Waals surface area contributed by atoms with Gasteiger partial charge in [-0.05, 0) is 24.1 Å². The van der Waals surface area contributed by atoms with E-state index in [1.807, 2.05) is 12.1 Å². The fourth-order valence-electron chi connectivity index (χ4n) is 2.38. The van der Waals surface area contributed by atoms with Crippen molar-refractivity contribution in [2.75, 3.05) is 6.54 Å². The van der Waals surface area contributed by atoms with Crippen molar-refractivity contribution in [1.29, 1.82) is 0 Å². The molecule has 0 bridgehead atoms. The van der Waals surface area contributed by atoms with E-state index in [9.17, 15) is 9.59 Å². The molecule has 1 aliphatic rings. The Labute approximate surface area is 132 Å². The third-order valence-electron chi connectivity index (χ3n) is 3.53. The average molecular weight is 313 g/mol. The number of pyridine rings is 1. The van der Waals surface area contributed by atoms with E-state index in [0.29, 0.717) is 24.1 Å². The number of carbonyl (C=O) groups excluding carboxylic acids is 2. The number of carbonyl (C=O) groups is 2. The highest BCUT2D eigenvalue weighted by atomic mass is 35.5. The van der Waals surface area contributed by atoms with Crippen LogP contribution in [-0.2, 0) is 6.42 Å². The Morgan fingerprint density at radius 3 is 2.27 bits per heavy atom. The molecule has 0 atom stereocenters. The molecule has 1 aromatic carbocycles. The summed E-state index contributed by atoms with van der Waals surface area (Å²) in [7, 11) is 0. The van der Waals surface area contributed by atoms with E-state index in [2.05, 4.69) is 10.3 Å². The zero-order valence-corrected chi connectivity index (χ0v) is 12.4. The molecule has 0 radical (unpaired) electrons. The first-order valence-electron chi connectivity index (χ1n) is 6.89. The summed E-state index contributed by atoms with van der Waals surface area (Å²) >= 11 is 6.07. The van der Waals surface area contributed by atoms with Crippen LogP contribution in [0.3, 0.4) is 0 Å². The summed E-state index contributed by atoms with van der Waals surface area (Å²) in [6, 6.07) is 10.5. The van der Waals surface area contributed by atoms with Crippen molar-refractivity contribution in [2.24, 2.45) is 0 Å². The number of hydrogen-bond acceptors (Lipinski definition) is 4. The molecule has 1 heterocycles. The number of halogens is 1. The third kappa shape index (κ3) is 2.65. The van der Waals surface area contributed by atoms with Gasteiger partial charge in [0.25, 0.3) is 0 Å². The van der Waals surface area contributed by atoms with Gasteiger partial charge >= 0.3 is 0 Å². The normalized spacial score (nSPS) is 14.0. The van der Waals surface area contributed by atoms with Crippen LogP contribution in [0.1, 0.15) is 26.3 Å². The maximum atomic E-state index is 12.4. The molecule has 0 saturated carbocycles. The quantitative estimate of drug-likeness (QED) is 0.943. The molecular weight excluding hydrogens is 300 g/mol. The number of nitrogens with zero attached hydrogens (tertiary/aromatic N) is 1.